The Labute approximate surface area is 130 Å². The zero-order valence-electron chi connectivity index (χ0n) is 10.7. The van der Waals surface area contributed by atoms with Gasteiger partial charge in [0, 0.05) is 28.3 Å². The number of nitro groups is 1. The number of halogens is 2. The fourth-order valence-electron chi connectivity index (χ4n) is 1.86. The van der Waals surface area contributed by atoms with E-state index >= 15 is 0 Å². The Morgan fingerprint density at radius 3 is 2.75 bits per heavy atom. The molecule has 0 heterocycles. The Morgan fingerprint density at radius 1 is 1.35 bits per heavy atom. The SMILES string of the molecule is Cc1c(NCc2ccc(Br)c(Cl)c2)cccc1[N+](=O)[O-]. The minimum Gasteiger partial charge on any atom is -0.381 e. The largest absolute Gasteiger partial charge is 0.381 e. The third-order valence-corrected chi connectivity index (χ3v) is 4.20. The van der Waals surface area contributed by atoms with E-state index in [0.29, 0.717) is 17.1 Å². The molecule has 6 heteroatoms. The number of benzene rings is 2. The van der Waals surface area contributed by atoms with E-state index in [1.165, 1.54) is 6.07 Å². The van der Waals surface area contributed by atoms with Crippen molar-refractivity contribution in [2.75, 3.05) is 5.32 Å². The van der Waals surface area contributed by atoms with Crippen molar-refractivity contribution in [1.29, 1.82) is 0 Å². The van der Waals surface area contributed by atoms with Crippen LogP contribution in [0.2, 0.25) is 5.02 Å². The van der Waals surface area contributed by atoms with Crippen molar-refractivity contribution in [2.24, 2.45) is 0 Å². The number of hydrogen-bond acceptors (Lipinski definition) is 3. The highest BCUT2D eigenvalue weighted by Gasteiger charge is 2.12. The van der Waals surface area contributed by atoms with Gasteiger partial charge >= 0.3 is 0 Å². The molecule has 0 radical (unpaired) electrons. The van der Waals surface area contributed by atoms with Gasteiger partial charge in [0.2, 0.25) is 0 Å². The molecule has 0 saturated heterocycles. The van der Waals surface area contributed by atoms with Crippen molar-refractivity contribution in [3.8, 4) is 0 Å². The van der Waals surface area contributed by atoms with Gasteiger partial charge in [-0.05, 0) is 46.6 Å². The maximum absolute atomic E-state index is 10.9. The van der Waals surface area contributed by atoms with Crippen LogP contribution in [0.5, 0.6) is 0 Å². The van der Waals surface area contributed by atoms with Crippen molar-refractivity contribution in [3.05, 3.63) is 67.1 Å². The number of nitrogens with zero attached hydrogens (tertiary/aromatic N) is 1. The van der Waals surface area contributed by atoms with Gasteiger partial charge in [0.15, 0.2) is 0 Å². The minimum absolute atomic E-state index is 0.115. The molecule has 0 aliphatic rings. The van der Waals surface area contributed by atoms with Gasteiger partial charge in [0.25, 0.3) is 5.69 Å². The van der Waals surface area contributed by atoms with Crippen molar-refractivity contribution in [1.82, 2.24) is 0 Å². The quantitative estimate of drug-likeness (QED) is 0.625. The van der Waals surface area contributed by atoms with E-state index in [1.807, 2.05) is 24.3 Å². The van der Waals surface area contributed by atoms with Crippen LogP contribution in [0.15, 0.2) is 40.9 Å². The molecule has 104 valence electrons. The Morgan fingerprint density at radius 2 is 2.10 bits per heavy atom. The lowest BCUT2D eigenvalue weighted by Gasteiger charge is -2.10. The summed E-state index contributed by atoms with van der Waals surface area (Å²) >= 11 is 9.36. The fraction of sp³-hybridized carbons (Fsp3) is 0.143. The summed E-state index contributed by atoms with van der Waals surface area (Å²) in [4.78, 5) is 10.5. The lowest BCUT2D eigenvalue weighted by Crippen LogP contribution is -2.02. The molecule has 4 nitrogen and oxygen atoms in total. The third-order valence-electron chi connectivity index (χ3n) is 2.97. The smallest absolute Gasteiger partial charge is 0.274 e. The molecule has 0 aromatic heterocycles. The topological polar surface area (TPSA) is 55.2 Å². The molecule has 0 aliphatic heterocycles. The van der Waals surface area contributed by atoms with Crippen molar-refractivity contribution < 1.29 is 4.92 Å². The van der Waals surface area contributed by atoms with Crippen molar-refractivity contribution in [3.63, 3.8) is 0 Å². The molecular formula is C14H12BrClN2O2. The van der Waals surface area contributed by atoms with Gasteiger partial charge in [-0.25, -0.2) is 0 Å². The number of anilines is 1. The molecular weight excluding hydrogens is 344 g/mol. The van der Waals surface area contributed by atoms with E-state index in [0.717, 1.165) is 15.7 Å². The predicted molar refractivity (Wildman–Crippen MR) is 84.3 cm³/mol. The van der Waals surface area contributed by atoms with Gasteiger partial charge in [0.05, 0.1) is 9.95 Å². The number of hydrogen-bond donors (Lipinski definition) is 1. The molecule has 0 aliphatic carbocycles. The molecule has 0 bridgehead atoms. The van der Waals surface area contributed by atoms with Gasteiger partial charge in [0.1, 0.15) is 0 Å². The van der Waals surface area contributed by atoms with Gasteiger partial charge in [-0.3, -0.25) is 10.1 Å². The summed E-state index contributed by atoms with van der Waals surface area (Å²) in [5, 5.41) is 14.7. The normalized spacial score (nSPS) is 10.3. The highest BCUT2D eigenvalue weighted by atomic mass is 79.9. The van der Waals surface area contributed by atoms with Gasteiger partial charge in [-0.2, -0.15) is 0 Å². The molecule has 2 rings (SSSR count). The zero-order chi connectivity index (χ0) is 14.7. The van der Waals surface area contributed by atoms with Crippen molar-refractivity contribution >= 4 is 38.9 Å². The molecule has 0 fully saturated rings. The predicted octanol–water partition coefficient (Wildman–Crippen LogP) is 4.93. The van der Waals surface area contributed by atoms with Crippen LogP contribution in [-0.4, -0.2) is 4.92 Å². The summed E-state index contributed by atoms with van der Waals surface area (Å²) in [6.45, 7) is 2.28. The molecule has 2 aromatic rings. The van der Waals surface area contributed by atoms with Crippen LogP contribution in [0.4, 0.5) is 11.4 Å². The third kappa shape index (κ3) is 3.29. The first-order valence-electron chi connectivity index (χ1n) is 5.91. The second kappa shape index (κ2) is 6.24. The maximum Gasteiger partial charge on any atom is 0.274 e. The summed E-state index contributed by atoms with van der Waals surface area (Å²) in [6.07, 6.45) is 0. The molecule has 0 unspecified atom stereocenters. The van der Waals surface area contributed by atoms with Crippen LogP contribution in [0, 0.1) is 17.0 Å². The van der Waals surface area contributed by atoms with Crippen LogP contribution in [0.1, 0.15) is 11.1 Å². The Balaban J connectivity index is 2.17. The lowest BCUT2D eigenvalue weighted by molar-refractivity contribution is -0.385. The van der Waals surface area contributed by atoms with E-state index in [9.17, 15) is 10.1 Å². The van der Waals surface area contributed by atoms with Crippen LogP contribution >= 0.6 is 27.5 Å². The monoisotopic (exact) mass is 354 g/mol. The number of nitrogens with one attached hydrogen (secondary N) is 1. The van der Waals surface area contributed by atoms with Gasteiger partial charge in [-0.15, -0.1) is 0 Å². The standard InChI is InChI=1S/C14H12BrClN2O2/c1-9-13(3-2-4-14(9)18(19)20)17-8-10-5-6-11(15)12(16)7-10/h2-7,17H,8H2,1H3. The molecule has 0 spiro atoms. The minimum atomic E-state index is -0.378. The summed E-state index contributed by atoms with van der Waals surface area (Å²) in [5.41, 5.74) is 2.49. The highest BCUT2D eigenvalue weighted by Crippen LogP contribution is 2.27. The van der Waals surface area contributed by atoms with Gasteiger partial charge in [-0.1, -0.05) is 23.7 Å². The second-order valence-electron chi connectivity index (χ2n) is 4.31. The van der Waals surface area contributed by atoms with Crippen molar-refractivity contribution in [2.45, 2.75) is 13.5 Å². The Kier molecular flexibility index (Phi) is 4.62. The first kappa shape index (κ1) is 14.8. The van der Waals surface area contributed by atoms with Crippen LogP contribution < -0.4 is 5.32 Å². The molecule has 1 N–H and O–H groups in total. The average molecular weight is 356 g/mol. The number of rotatable bonds is 4. The first-order chi connectivity index (χ1) is 9.49. The van der Waals surface area contributed by atoms with Crippen LogP contribution in [-0.2, 0) is 6.54 Å². The molecule has 0 amide bonds. The van der Waals surface area contributed by atoms with E-state index in [2.05, 4.69) is 21.2 Å². The Hall–Kier alpha value is -1.59. The average Bonchev–Trinajstić information content (AvgIpc) is 2.41. The van der Waals surface area contributed by atoms with Crippen LogP contribution in [0.25, 0.3) is 0 Å². The van der Waals surface area contributed by atoms with E-state index in [1.54, 1.807) is 13.0 Å². The zero-order valence-corrected chi connectivity index (χ0v) is 13.0. The number of nitro benzene ring substituents is 1. The lowest BCUT2D eigenvalue weighted by atomic mass is 10.1. The van der Waals surface area contributed by atoms with E-state index < -0.39 is 0 Å². The second-order valence-corrected chi connectivity index (χ2v) is 5.57. The fourth-order valence-corrected chi connectivity index (χ4v) is 2.31. The highest BCUT2D eigenvalue weighted by molar-refractivity contribution is 9.10. The van der Waals surface area contributed by atoms with E-state index in [-0.39, 0.29) is 10.6 Å². The first-order valence-corrected chi connectivity index (χ1v) is 7.08. The molecule has 0 saturated carbocycles. The van der Waals surface area contributed by atoms with Gasteiger partial charge < -0.3 is 5.32 Å². The maximum atomic E-state index is 10.9. The summed E-state index contributed by atoms with van der Waals surface area (Å²) in [7, 11) is 0. The van der Waals surface area contributed by atoms with E-state index in [4.69, 9.17) is 11.6 Å². The summed E-state index contributed by atoms with van der Waals surface area (Å²) < 4.78 is 0.842. The molecule has 20 heavy (non-hydrogen) atoms. The molecule has 2 aromatic carbocycles. The molecule has 0 atom stereocenters. The summed E-state index contributed by atoms with van der Waals surface area (Å²) in [6, 6.07) is 10.7. The van der Waals surface area contributed by atoms with Crippen LogP contribution in [0.3, 0.4) is 0 Å². The summed E-state index contributed by atoms with van der Waals surface area (Å²) in [5.74, 6) is 0. The Bertz CT molecular complexity index is 662.